The fourth-order valence-electron chi connectivity index (χ4n) is 4.31. The molecule has 0 N–H and O–H groups in total. The molecule has 0 heterocycles. The third kappa shape index (κ3) is 5.74. The number of rotatable bonds is 8. The Morgan fingerprint density at radius 3 is 0.812 bits per heavy atom. The molecule has 2 aromatic rings. The molecule has 2 rings (SSSR count). The first-order chi connectivity index (χ1) is 14.8. The van der Waals surface area contributed by atoms with Gasteiger partial charge in [-0.15, -0.1) is 0 Å². The van der Waals surface area contributed by atoms with E-state index < -0.39 is 19.5 Å². The van der Waals surface area contributed by atoms with Gasteiger partial charge in [-0.25, -0.2) is 0 Å². The Balaban J connectivity index is 2.96. The maximum atomic E-state index is 14.8. The van der Waals surface area contributed by atoms with Gasteiger partial charge in [-0.2, -0.15) is 0 Å². The maximum absolute atomic E-state index is 14.8. The summed E-state index contributed by atoms with van der Waals surface area (Å²) in [5.74, 6) is 2.38. The third-order valence-electron chi connectivity index (χ3n) is 6.53. The van der Waals surface area contributed by atoms with E-state index >= 15 is 0 Å². The first-order valence-electron chi connectivity index (χ1n) is 12.5. The summed E-state index contributed by atoms with van der Waals surface area (Å²) in [6.07, 6.45) is 0. The molecule has 0 aliphatic heterocycles. The number of hydrogen-bond donors (Lipinski definition) is 0. The second-order valence-electron chi connectivity index (χ2n) is 11.3. The Labute approximate surface area is 205 Å². The minimum absolute atomic E-state index is 0.360. The Bertz CT molecular complexity index is 825. The fraction of sp³-hybridized carbons (Fsp3) is 0.600. The SMILES string of the molecule is CC(C)c1cc(C(C)C)c([Te](=O)c2c(C(C)C)cc(C(C)C)cc2C(C)C)c(C(C)C)c1. The summed E-state index contributed by atoms with van der Waals surface area (Å²) in [5.41, 5.74) is 7.98. The zero-order chi connectivity index (χ0) is 24.5. The van der Waals surface area contributed by atoms with Crippen LogP contribution in [-0.4, -0.2) is 19.5 Å². The quantitative estimate of drug-likeness (QED) is 0.305. The topological polar surface area (TPSA) is 17.1 Å². The standard InChI is InChI=1S/C30H46OTe/c1-17(2)23-13-25(19(5)6)29(26(14-23)20(7)8)32(31)30-27(21(9)10)15-24(18(3)4)16-28(30)22(11)12/h13-22H,1-12H3. The van der Waals surface area contributed by atoms with Crippen LogP contribution in [0.15, 0.2) is 24.3 Å². The van der Waals surface area contributed by atoms with Crippen LogP contribution in [0.5, 0.6) is 0 Å². The van der Waals surface area contributed by atoms with Gasteiger partial charge >= 0.3 is 206 Å². The van der Waals surface area contributed by atoms with E-state index in [4.69, 9.17) is 0 Å². The van der Waals surface area contributed by atoms with Crippen molar-refractivity contribution < 1.29 is 3.10 Å². The second-order valence-corrected chi connectivity index (χ2v) is 15.1. The third-order valence-corrected chi connectivity index (χ3v) is 11.3. The van der Waals surface area contributed by atoms with Crippen LogP contribution in [0.4, 0.5) is 0 Å². The Morgan fingerprint density at radius 2 is 0.656 bits per heavy atom. The molecule has 178 valence electrons. The van der Waals surface area contributed by atoms with Crippen LogP contribution >= 0.6 is 0 Å². The van der Waals surface area contributed by atoms with Gasteiger partial charge in [-0.1, -0.05) is 0 Å². The van der Waals surface area contributed by atoms with E-state index in [0.717, 1.165) is 0 Å². The molecule has 0 aromatic heterocycles. The van der Waals surface area contributed by atoms with Crippen molar-refractivity contribution in [1.29, 1.82) is 0 Å². The molecule has 0 radical (unpaired) electrons. The molecule has 0 atom stereocenters. The fourth-order valence-corrected chi connectivity index (χ4v) is 10.7. The molecule has 0 unspecified atom stereocenters. The van der Waals surface area contributed by atoms with Gasteiger partial charge in [0.2, 0.25) is 0 Å². The van der Waals surface area contributed by atoms with Gasteiger partial charge in [0.25, 0.3) is 0 Å². The van der Waals surface area contributed by atoms with Crippen molar-refractivity contribution in [1.82, 2.24) is 0 Å². The van der Waals surface area contributed by atoms with E-state index in [1.807, 2.05) is 0 Å². The predicted molar refractivity (Wildman–Crippen MR) is 143 cm³/mol. The minimum atomic E-state index is -3.06. The van der Waals surface area contributed by atoms with E-state index in [2.05, 4.69) is 107 Å². The van der Waals surface area contributed by atoms with Gasteiger partial charge in [-0.3, -0.25) is 0 Å². The molecular formula is C30H46OTe. The molecule has 0 saturated heterocycles. The van der Waals surface area contributed by atoms with Crippen molar-refractivity contribution in [3.05, 3.63) is 57.6 Å². The molecular weight excluding hydrogens is 504 g/mol. The van der Waals surface area contributed by atoms with Crippen LogP contribution in [0.3, 0.4) is 0 Å². The zero-order valence-electron chi connectivity index (χ0n) is 22.6. The molecule has 1 nitrogen and oxygen atoms in total. The van der Waals surface area contributed by atoms with Crippen molar-refractivity contribution in [2.24, 2.45) is 0 Å². The summed E-state index contributed by atoms with van der Waals surface area (Å²) in [4.78, 5) is 0. The molecule has 0 saturated carbocycles. The summed E-state index contributed by atoms with van der Waals surface area (Å²) in [7, 11) is 0. The molecule has 2 heteroatoms. The average Bonchev–Trinajstić information content (AvgIpc) is 2.70. The van der Waals surface area contributed by atoms with Gasteiger partial charge in [0.1, 0.15) is 0 Å². The van der Waals surface area contributed by atoms with Crippen LogP contribution in [0.1, 0.15) is 152 Å². The molecule has 0 aliphatic rings. The summed E-state index contributed by atoms with van der Waals surface area (Å²) in [5, 5.41) is 0. The molecule has 0 bridgehead atoms. The van der Waals surface area contributed by atoms with E-state index in [1.165, 1.54) is 40.6 Å². The Kier molecular flexibility index (Phi) is 9.35. The Morgan fingerprint density at radius 1 is 0.438 bits per heavy atom. The van der Waals surface area contributed by atoms with Crippen molar-refractivity contribution in [2.75, 3.05) is 0 Å². The van der Waals surface area contributed by atoms with Crippen LogP contribution in [0, 0.1) is 0 Å². The predicted octanol–water partition coefficient (Wildman–Crippen LogP) is 7.96. The van der Waals surface area contributed by atoms with E-state index in [1.54, 1.807) is 0 Å². The van der Waals surface area contributed by atoms with E-state index in [0.29, 0.717) is 35.5 Å². The molecule has 0 amide bonds. The zero-order valence-corrected chi connectivity index (χ0v) is 24.9. The van der Waals surface area contributed by atoms with Crippen molar-refractivity contribution >= 4 is 26.8 Å². The van der Waals surface area contributed by atoms with Crippen molar-refractivity contribution in [3.8, 4) is 0 Å². The summed E-state index contributed by atoms with van der Waals surface area (Å²) < 4.78 is 17.2. The van der Waals surface area contributed by atoms with Gasteiger partial charge in [-0.05, 0) is 0 Å². The summed E-state index contributed by atoms with van der Waals surface area (Å²) in [6, 6.07) is 9.42. The molecule has 0 fully saturated rings. The van der Waals surface area contributed by atoms with Crippen LogP contribution < -0.4 is 7.22 Å². The normalized spacial score (nSPS) is 12.6. The number of hydrogen-bond acceptors (Lipinski definition) is 1. The monoisotopic (exact) mass is 552 g/mol. The first-order valence-corrected chi connectivity index (χ1v) is 15.8. The summed E-state index contributed by atoms with van der Waals surface area (Å²) in [6.45, 7) is 27.1. The Hall–Kier alpha value is -0.970. The van der Waals surface area contributed by atoms with Crippen LogP contribution in [0.2, 0.25) is 0 Å². The number of benzene rings is 2. The summed E-state index contributed by atoms with van der Waals surface area (Å²) >= 11 is -3.06. The second kappa shape index (κ2) is 11.0. The molecule has 32 heavy (non-hydrogen) atoms. The van der Waals surface area contributed by atoms with Crippen LogP contribution in [-0.2, 0) is 3.10 Å². The van der Waals surface area contributed by atoms with Gasteiger partial charge in [0.15, 0.2) is 0 Å². The van der Waals surface area contributed by atoms with Gasteiger partial charge in [0.05, 0.1) is 0 Å². The van der Waals surface area contributed by atoms with Gasteiger partial charge in [0, 0.05) is 0 Å². The molecule has 0 aliphatic carbocycles. The molecule has 2 aromatic carbocycles. The van der Waals surface area contributed by atoms with Crippen molar-refractivity contribution in [2.45, 2.75) is 119 Å². The molecule has 0 spiro atoms. The van der Waals surface area contributed by atoms with E-state index in [-0.39, 0.29) is 0 Å². The van der Waals surface area contributed by atoms with E-state index in [9.17, 15) is 3.10 Å². The van der Waals surface area contributed by atoms with Crippen molar-refractivity contribution in [3.63, 3.8) is 0 Å². The first kappa shape index (κ1) is 27.3. The van der Waals surface area contributed by atoms with Gasteiger partial charge < -0.3 is 0 Å². The van der Waals surface area contributed by atoms with Crippen LogP contribution in [0.25, 0.3) is 0 Å². The average molecular weight is 550 g/mol.